The lowest BCUT2D eigenvalue weighted by atomic mass is 9.95. The Labute approximate surface area is 157 Å². The summed E-state index contributed by atoms with van der Waals surface area (Å²) in [5, 5.41) is 0. The van der Waals surface area contributed by atoms with Gasteiger partial charge in [0.1, 0.15) is 16.3 Å². The second-order valence-corrected chi connectivity index (χ2v) is 9.19. The van der Waals surface area contributed by atoms with Crippen molar-refractivity contribution in [2.75, 3.05) is 26.2 Å². The summed E-state index contributed by atoms with van der Waals surface area (Å²) in [5.74, 6) is -0.123. The summed E-state index contributed by atoms with van der Waals surface area (Å²) in [5.41, 5.74) is 6.19. The maximum atomic E-state index is 13.0. The summed E-state index contributed by atoms with van der Waals surface area (Å²) in [7, 11) is -3.69. The average molecular weight is 398 g/mol. The Bertz CT molecular complexity index is 883. The number of sulfonamides is 1. The summed E-state index contributed by atoms with van der Waals surface area (Å²) < 4.78 is 35.6. The first kappa shape index (κ1) is 19.2. The van der Waals surface area contributed by atoms with Crippen LogP contribution in [0.15, 0.2) is 31.8 Å². The third-order valence-corrected chi connectivity index (χ3v) is 7.12. The van der Waals surface area contributed by atoms with Gasteiger partial charge in [0, 0.05) is 26.2 Å². The largest absolute Gasteiger partial charge is 0.338 e. The van der Waals surface area contributed by atoms with Gasteiger partial charge in [-0.05, 0) is 25.5 Å². The van der Waals surface area contributed by atoms with E-state index in [1.165, 1.54) is 4.31 Å². The molecular formula is C16H23N5O3S2. The van der Waals surface area contributed by atoms with Crippen molar-refractivity contribution in [2.24, 2.45) is 14.5 Å². The van der Waals surface area contributed by atoms with Crippen LogP contribution in [0.4, 0.5) is 11.4 Å². The zero-order valence-corrected chi connectivity index (χ0v) is 16.5. The van der Waals surface area contributed by atoms with E-state index in [4.69, 9.17) is 5.73 Å². The highest BCUT2D eigenvalue weighted by Crippen LogP contribution is 2.38. The maximum Gasteiger partial charge on any atom is 0.245 e. The predicted molar refractivity (Wildman–Crippen MR) is 101 cm³/mol. The summed E-state index contributed by atoms with van der Waals surface area (Å²) >= 11 is 0.992. The van der Waals surface area contributed by atoms with Gasteiger partial charge in [-0.25, -0.2) is 8.42 Å². The van der Waals surface area contributed by atoms with Crippen LogP contribution < -0.4 is 5.73 Å². The van der Waals surface area contributed by atoms with Gasteiger partial charge in [0.2, 0.25) is 15.9 Å². The molecular weight excluding hydrogens is 374 g/mol. The Morgan fingerprint density at radius 2 is 1.96 bits per heavy atom. The number of benzene rings is 1. The van der Waals surface area contributed by atoms with Crippen LogP contribution in [0.1, 0.15) is 26.7 Å². The van der Waals surface area contributed by atoms with Gasteiger partial charge in [-0.2, -0.15) is 13.0 Å². The van der Waals surface area contributed by atoms with Gasteiger partial charge in [-0.15, -0.1) is 0 Å². The molecule has 2 heterocycles. The number of hydrogen-bond donors (Lipinski definition) is 1. The molecule has 26 heavy (non-hydrogen) atoms. The lowest BCUT2D eigenvalue weighted by Crippen LogP contribution is -2.58. The Morgan fingerprint density at radius 3 is 2.62 bits per heavy atom. The van der Waals surface area contributed by atoms with Crippen LogP contribution in [0.2, 0.25) is 0 Å². The van der Waals surface area contributed by atoms with Crippen molar-refractivity contribution in [2.45, 2.75) is 37.1 Å². The second kappa shape index (κ2) is 7.18. The van der Waals surface area contributed by atoms with Crippen LogP contribution in [0.5, 0.6) is 0 Å². The normalized spacial score (nSPS) is 19.7. The van der Waals surface area contributed by atoms with Crippen LogP contribution >= 0.6 is 0 Å². The number of carbonyl (C=O) groups excluding carboxylic acids is 1. The molecule has 0 aliphatic carbocycles. The number of hydrogen-bond acceptors (Lipinski definition) is 6. The first-order chi connectivity index (χ1) is 12.3. The number of carbonyl (C=O) groups is 1. The molecule has 1 fully saturated rings. The third kappa shape index (κ3) is 3.46. The van der Waals surface area contributed by atoms with Crippen molar-refractivity contribution >= 4 is 38.7 Å². The molecule has 142 valence electrons. The number of piperazine rings is 1. The van der Waals surface area contributed by atoms with Crippen molar-refractivity contribution in [3.05, 3.63) is 18.2 Å². The van der Waals surface area contributed by atoms with E-state index >= 15 is 0 Å². The van der Waals surface area contributed by atoms with Crippen LogP contribution in [-0.4, -0.2) is 55.2 Å². The van der Waals surface area contributed by atoms with Crippen LogP contribution in [0, 0.1) is 0 Å². The highest BCUT2D eigenvalue weighted by Gasteiger charge is 2.37. The minimum Gasteiger partial charge on any atom is -0.338 e. The molecule has 1 saturated heterocycles. The fraction of sp³-hybridized carbons (Fsp3) is 0.562. The smallest absolute Gasteiger partial charge is 0.245 e. The van der Waals surface area contributed by atoms with E-state index in [0.717, 1.165) is 17.8 Å². The molecule has 10 heteroatoms. The summed E-state index contributed by atoms with van der Waals surface area (Å²) in [4.78, 5) is 14.4. The fourth-order valence-corrected chi connectivity index (χ4v) is 5.42. The van der Waals surface area contributed by atoms with Gasteiger partial charge in [-0.3, -0.25) is 4.79 Å². The second-order valence-electron chi connectivity index (χ2n) is 6.75. The van der Waals surface area contributed by atoms with Crippen molar-refractivity contribution in [3.8, 4) is 0 Å². The molecule has 3 rings (SSSR count). The van der Waals surface area contributed by atoms with E-state index in [1.807, 2.05) is 6.92 Å². The first-order valence-electron chi connectivity index (χ1n) is 8.57. The van der Waals surface area contributed by atoms with E-state index < -0.39 is 15.6 Å². The highest BCUT2D eigenvalue weighted by molar-refractivity contribution is 7.89. The average Bonchev–Trinajstić information content (AvgIpc) is 3.09. The monoisotopic (exact) mass is 397 g/mol. The number of fused-ring (bicyclic) bond motifs is 1. The number of nitrogens with zero attached hydrogens (tertiary/aromatic N) is 4. The van der Waals surface area contributed by atoms with Crippen LogP contribution in [-0.2, 0) is 26.2 Å². The maximum absolute atomic E-state index is 13.0. The summed E-state index contributed by atoms with van der Waals surface area (Å²) in [6, 6.07) is 4.96. The van der Waals surface area contributed by atoms with E-state index in [2.05, 4.69) is 8.73 Å². The SMILES string of the molecule is CCCC(C)(N)C(=O)N1CCN(S(=O)(=O)c2cccc3c2N=S=N3)CC1. The van der Waals surface area contributed by atoms with Crippen LogP contribution in [0.25, 0.3) is 0 Å². The molecule has 0 spiro atoms. The van der Waals surface area contributed by atoms with E-state index in [-0.39, 0.29) is 23.9 Å². The molecule has 2 aliphatic heterocycles. The topological polar surface area (TPSA) is 108 Å². The molecule has 0 aromatic heterocycles. The van der Waals surface area contributed by atoms with Crippen molar-refractivity contribution < 1.29 is 13.2 Å². The first-order valence-corrected chi connectivity index (χ1v) is 10.7. The Balaban J connectivity index is 1.73. The standard InChI is InChI=1S/C16H23N5O3S2/c1-3-7-16(2,17)15(22)20-8-10-21(11-9-20)26(23,24)13-6-4-5-12-14(13)19-25-18-12/h4-6H,3,7-11,17H2,1-2H3. The molecule has 1 aromatic carbocycles. The summed E-state index contributed by atoms with van der Waals surface area (Å²) in [6.45, 7) is 4.86. The van der Waals surface area contributed by atoms with Crippen LogP contribution in [0.3, 0.4) is 0 Å². The van der Waals surface area contributed by atoms with Gasteiger partial charge in [-0.1, -0.05) is 19.4 Å². The molecule has 0 radical (unpaired) electrons. The number of nitrogens with two attached hydrogens (primary N) is 1. The number of rotatable bonds is 5. The molecule has 0 saturated carbocycles. The molecule has 1 unspecified atom stereocenters. The van der Waals surface area contributed by atoms with E-state index in [0.29, 0.717) is 30.9 Å². The van der Waals surface area contributed by atoms with Crippen molar-refractivity contribution in [3.63, 3.8) is 0 Å². The lowest BCUT2D eigenvalue weighted by molar-refractivity contribution is -0.137. The lowest BCUT2D eigenvalue weighted by Gasteiger charge is -2.38. The predicted octanol–water partition coefficient (Wildman–Crippen LogP) is 1.76. The van der Waals surface area contributed by atoms with Gasteiger partial charge < -0.3 is 10.6 Å². The molecule has 0 bridgehead atoms. The van der Waals surface area contributed by atoms with Gasteiger partial charge >= 0.3 is 0 Å². The molecule has 1 amide bonds. The molecule has 2 N–H and O–H groups in total. The molecule has 8 nitrogen and oxygen atoms in total. The minimum absolute atomic E-state index is 0.123. The zero-order chi connectivity index (χ0) is 18.9. The van der Waals surface area contributed by atoms with Crippen molar-refractivity contribution in [1.82, 2.24) is 9.21 Å². The molecule has 1 atom stereocenters. The highest BCUT2D eigenvalue weighted by atomic mass is 32.2. The quantitative estimate of drug-likeness (QED) is 0.829. The third-order valence-electron chi connectivity index (χ3n) is 4.65. The van der Waals surface area contributed by atoms with E-state index in [9.17, 15) is 13.2 Å². The number of amides is 1. The Kier molecular flexibility index (Phi) is 5.29. The zero-order valence-electron chi connectivity index (χ0n) is 14.9. The van der Waals surface area contributed by atoms with Gasteiger partial charge in [0.05, 0.1) is 16.9 Å². The fourth-order valence-electron chi connectivity index (χ4n) is 3.25. The minimum atomic E-state index is -3.69. The Morgan fingerprint density at radius 1 is 1.27 bits per heavy atom. The van der Waals surface area contributed by atoms with Gasteiger partial charge in [0.15, 0.2) is 0 Å². The van der Waals surface area contributed by atoms with Crippen molar-refractivity contribution in [1.29, 1.82) is 0 Å². The van der Waals surface area contributed by atoms with Gasteiger partial charge in [0.25, 0.3) is 0 Å². The Hall–Kier alpha value is -1.62. The van der Waals surface area contributed by atoms with E-state index in [1.54, 1.807) is 30.0 Å². The molecule has 2 aliphatic rings. The molecule has 1 aromatic rings. The summed E-state index contributed by atoms with van der Waals surface area (Å²) in [6.07, 6.45) is 1.42.